The Balaban J connectivity index is 1.67. The molecule has 6 atom stereocenters. The third-order valence-corrected chi connectivity index (χ3v) is 8.26. The molecule has 4 aliphatic rings. The zero-order valence-corrected chi connectivity index (χ0v) is 14.3. The number of aliphatic carboxylic acids is 1. The summed E-state index contributed by atoms with van der Waals surface area (Å²) < 4.78 is 0. The van der Waals surface area contributed by atoms with E-state index < -0.39 is 5.97 Å². The number of allylic oxidation sites excluding steroid dienone is 1. The van der Waals surface area contributed by atoms with Crippen LogP contribution in [0.4, 0.5) is 0 Å². The van der Waals surface area contributed by atoms with Crippen LogP contribution in [0.2, 0.25) is 0 Å². The molecular weight excluding hydrogens is 288 g/mol. The second-order valence-corrected chi connectivity index (χ2v) is 8.98. The Morgan fingerprint density at radius 2 is 1.87 bits per heavy atom. The Hall–Kier alpha value is -1.12. The molecule has 0 aromatic heterocycles. The molecule has 0 heterocycles. The molecular formula is C20H28O3. The molecule has 3 saturated carbocycles. The van der Waals surface area contributed by atoms with Crippen LogP contribution < -0.4 is 0 Å². The van der Waals surface area contributed by atoms with Crippen LogP contribution >= 0.6 is 0 Å². The van der Waals surface area contributed by atoms with Crippen molar-refractivity contribution in [3.05, 3.63) is 11.6 Å². The van der Waals surface area contributed by atoms with Gasteiger partial charge < -0.3 is 5.11 Å². The van der Waals surface area contributed by atoms with Gasteiger partial charge in [0.05, 0.1) is 5.92 Å². The maximum atomic E-state index is 11.8. The minimum atomic E-state index is -0.584. The summed E-state index contributed by atoms with van der Waals surface area (Å²) in [6.45, 7) is 4.63. The third-order valence-electron chi connectivity index (χ3n) is 8.26. The minimum absolute atomic E-state index is 0.00490. The van der Waals surface area contributed by atoms with Gasteiger partial charge in [0.1, 0.15) is 0 Å². The fraction of sp³-hybridized carbons (Fsp3) is 0.800. The minimum Gasteiger partial charge on any atom is -0.481 e. The lowest BCUT2D eigenvalue weighted by molar-refractivity contribution is -0.149. The van der Waals surface area contributed by atoms with Crippen LogP contribution in [0.15, 0.2) is 11.6 Å². The monoisotopic (exact) mass is 316 g/mol. The zero-order valence-electron chi connectivity index (χ0n) is 14.3. The smallest absolute Gasteiger partial charge is 0.307 e. The highest BCUT2D eigenvalue weighted by atomic mass is 16.4. The van der Waals surface area contributed by atoms with Crippen molar-refractivity contribution in [2.75, 3.05) is 0 Å². The SMILES string of the molecule is C[C@]12CC[C@H]3C(CCC4=CC(=O)CC[C@@]43C)[C@@H]1CC[C@@H]2C(=O)O. The van der Waals surface area contributed by atoms with E-state index in [0.717, 1.165) is 44.9 Å². The van der Waals surface area contributed by atoms with Gasteiger partial charge >= 0.3 is 5.97 Å². The Morgan fingerprint density at radius 1 is 1.09 bits per heavy atom. The molecule has 0 spiro atoms. The van der Waals surface area contributed by atoms with Crippen molar-refractivity contribution in [3.63, 3.8) is 0 Å². The molecule has 0 aromatic carbocycles. The summed E-state index contributed by atoms with van der Waals surface area (Å²) in [7, 11) is 0. The number of ketones is 1. The largest absolute Gasteiger partial charge is 0.481 e. The summed E-state index contributed by atoms with van der Waals surface area (Å²) in [5.74, 6) is 1.46. The first kappa shape index (κ1) is 15.4. The summed E-state index contributed by atoms with van der Waals surface area (Å²) >= 11 is 0. The first-order valence-electron chi connectivity index (χ1n) is 9.33. The Labute approximate surface area is 138 Å². The molecule has 0 saturated heterocycles. The van der Waals surface area contributed by atoms with Crippen LogP contribution in [0.5, 0.6) is 0 Å². The van der Waals surface area contributed by atoms with Crippen molar-refractivity contribution >= 4 is 11.8 Å². The van der Waals surface area contributed by atoms with E-state index in [1.54, 1.807) is 0 Å². The number of rotatable bonds is 1. The van der Waals surface area contributed by atoms with E-state index in [4.69, 9.17) is 0 Å². The zero-order chi connectivity index (χ0) is 16.4. The number of carboxylic acids is 1. The van der Waals surface area contributed by atoms with Gasteiger partial charge in [-0.25, -0.2) is 0 Å². The summed E-state index contributed by atoms with van der Waals surface area (Å²) in [6.07, 6.45) is 9.99. The van der Waals surface area contributed by atoms with Gasteiger partial charge in [0.2, 0.25) is 0 Å². The number of hydrogen-bond acceptors (Lipinski definition) is 2. The van der Waals surface area contributed by atoms with Crippen LogP contribution in [0, 0.1) is 34.5 Å². The molecule has 23 heavy (non-hydrogen) atoms. The van der Waals surface area contributed by atoms with Gasteiger partial charge in [0, 0.05) is 6.42 Å². The van der Waals surface area contributed by atoms with Gasteiger partial charge in [-0.15, -0.1) is 0 Å². The van der Waals surface area contributed by atoms with E-state index in [2.05, 4.69) is 13.8 Å². The Kier molecular flexibility index (Phi) is 3.31. The van der Waals surface area contributed by atoms with Crippen molar-refractivity contribution in [2.24, 2.45) is 34.5 Å². The van der Waals surface area contributed by atoms with Crippen molar-refractivity contribution in [2.45, 2.75) is 65.2 Å². The molecule has 0 amide bonds. The van der Waals surface area contributed by atoms with Crippen molar-refractivity contribution in [1.29, 1.82) is 0 Å². The Morgan fingerprint density at radius 3 is 2.61 bits per heavy atom. The topological polar surface area (TPSA) is 54.4 Å². The maximum absolute atomic E-state index is 11.8. The lowest BCUT2D eigenvalue weighted by Crippen LogP contribution is -2.51. The van der Waals surface area contributed by atoms with Gasteiger partial charge in [-0.05, 0) is 79.6 Å². The van der Waals surface area contributed by atoms with E-state index >= 15 is 0 Å². The van der Waals surface area contributed by atoms with Crippen LogP contribution in [-0.2, 0) is 9.59 Å². The number of fused-ring (bicyclic) bond motifs is 5. The molecule has 3 heteroatoms. The predicted molar refractivity (Wildman–Crippen MR) is 87.8 cm³/mol. The fourth-order valence-corrected chi connectivity index (χ4v) is 6.97. The second kappa shape index (κ2) is 4.94. The second-order valence-electron chi connectivity index (χ2n) is 8.98. The quantitative estimate of drug-likeness (QED) is 0.788. The van der Waals surface area contributed by atoms with Crippen LogP contribution in [0.3, 0.4) is 0 Å². The summed E-state index contributed by atoms with van der Waals surface area (Å²) in [5.41, 5.74) is 1.58. The maximum Gasteiger partial charge on any atom is 0.307 e. The lowest BCUT2D eigenvalue weighted by Gasteiger charge is -2.57. The molecule has 4 aliphatic carbocycles. The van der Waals surface area contributed by atoms with E-state index in [-0.39, 0.29) is 16.7 Å². The van der Waals surface area contributed by atoms with Crippen LogP contribution in [0.1, 0.15) is 65.2 Å². The summed E-state index contributed by atoms with van der Waals surface area (Å²) in [6, 6.07) is 0. The molecule has 0 radical (unpaired) electrons. The molecule has 126 valence electrons. The molecule has 0 bridgehead atoms. The highest BCUT2D eigenvalue weighted by Crippen LogP contribution is 2.66. The fourth-order valence-electron chi connectivity index (χ4n) is 6.97. The molecule has 3 nitrogen and oxygen atoms in total. The van der Waals surface area contributed by atoms with Crippen molar-refractivity contribution < 1.29 is 14.7 Å². The van der Waals surface area contributed by atoms with E-state index in [1.165, 1.54) is 5.57 Å². The average Bonchev–Trinajstić information content (AvgIpc) is 2.85. The number of carbonyl (C=O) groups excluding carboxylic acids is 1. The highest BCUT2D eigenvalue weighted by Gasteiger charge is 2.60. The van der Waals surface area contributed by atoms with Crippen molar-refractivity contribution in [1.82, 2.24) is 0 Å². The summed E-state index contributed by atoms with van der Waals surface area (Å²) in [5, 5.41) is 9.63. The van der Waals surface area contributed by atoms with Gasteiger partial charge in [-0.3, -0.25) is 9.59 Å². The van der Waals surface area contributed by atoms with Crippen LogP contribution in [-0.4, -0.2) is 16.9 Å². The predicted octanol–water partition coefficient (Wildman–Crippen LogP) is 4.22. The lowest BCUT2D eigenvalue weighted by atomic mass is 9.47. The van der Waals surface area contributed by atoms with E-state index in [1.807, 2.05) is 6.08 Å². The Bertz CT molecular complexity index is 592. The molecule has 0 aromatic rings. The standard InChI is InChI=1S/C20H28O3/c1-19-9-7-13(21)11-12(19)3-4-14-15-5-6-17(18(22)23)20(15,2)10-8-16(14)19/h11,14-17H,3-10H2,1-2H3,(H,22,23)/t14?,15-,16-,17+,19-,20-/m0/s1. The normalized spacial score (nSPS) is 49.0. The van der Waals surface area contributed by atoms with Gasteiger partial charge in [-0.2, -0.15) is 0 Å². The number of carbonyl (C=O) groups is 2. The highest BCUT2D eigenvalue weighted by molar-refractivity contribution is 5.91. The number of hydrogen-bond donors (Lipinski definition) is 1. The first-order valence-corrected chi connectivity index (χ1v) is 9.33. The molecule has 0 aliphatic heterocycles. The average molecular weight is 316 g/mol. The summed E-state index contributed by atoms with van der Waals surface area (Å²) in [4.78, 5) is 23.5. The number of carboxylic acid groups (broad SMARTS) is 1. The van der Waals surface area contributed by atoms with Crippen LogP contribution in [0.25, 0.3) is 0 Å². The van der Waals surface area contributed by atoms with Gasteiger partial charge in [0.25, 0.3) is 0 Å². The third kappa shape index (κ3) is 2.01. The molecule has 1 N–H and O–H groups in total. The molecule has 1 unspecified atom stereocenters. The van der Waals surface area contributed by atoms with Crippen molar-refractivity contribution in [3.8, 4) is 0 Å². The van der Waals surface area contributed by atoms with E-state index in [0.29, 0.717) is 30.0 Å². The van der Waals surface area contributed by atoms with Gasteiger partial charge in [0.15, 0.2) is 5.78 Å². The first-order chi connectivity index (χ1) is 10.9. The molecule has 4 rings (SSSR count). The molecule has 3 fully saturated rings. The van der Waals surface area contributed by atoms with Gasteiger partial charge in [-0.1, -0.05) is 19.4 Å². The van der Waals surface area contributed by atoms with E-state index in [9.17, 15) is 14.7 Å².